The Labute approximate surface area is 239 Å². The van der Waals surface area contributed by atoms with E-state index in [0.29, 0.717) is 47.1 Å². The largest absolute Gasteiger partial charge is 0.481 e. The first kappa shape index (κ1) is 32.7. The molecule has 0 aromatic rings. The SMILES string of the molecule is COCO[C@H]1CC[C@](C)(C2CC[C@]3(C)C(C(C)CO[Si](C(C)C)(C(C)C)C(C)C)CC[C@H]3C2=O)[C@@H](C(=O)O)C1. The summed E-state index contributed by atoms with van der Waals surface area (Å²) in [5.74, 6) is -0.327. The molecular weight excluding hydrogens is 508 g/mol. The standard InChI is InChI=1S/C32H58O6Si/c1-20(2)39(21(3)4,22(5)6)38-18-23(7)25-11-12-26-29(33)27(14-16-31(25,26)8)32(9)15-13-24(37-19-36-10)17-28(32)30(34)35/h20-28H,11-19H2,1-10H3,(H,34,35)/t23?,24-,25?,26-,27?,28+,31+,32+/m0/s1. The van der Waals surface area contributed by atoms with Gasteiger partial charge in [0.2, 0.25) is 0 Å². The van der Waals surface area contributed by atoms with Gasteiger partial charge in [-0.3, -0.25) is 9.59 Å². The molecule has 1 N–H and O–H groups in total. The van der Waals surface area contributed by atoms with Crippen LogP contribution in [0.2, 0.25) is 16.6 Å². The summed E-state index contributed by atoms with van der Waals surface area (Å²) in [6.07, 6.45) is 5.59. The molecule has 3 aliphatic carbocycles. The van der Waals surface area contributed by atoms with E-state index in [2.05, 4.69) is 62.3 Å². The summed E-state index contributed by atoms with van der Waals surface area (Å²) in [6.45, 7) is 21.8. The van der Waals surface area contributed by atoms with Crippen LogP contribution < -0.4 is 0 Å². The van der Waals surface area contributed by atoms with Crippen LogP contribution in [-0.2, 0) is 23.5 Å². The van der Waals surface area contributed by atoms with Crippen LogP contribution in [0.5, 0.6) is 0 Å². The van der Waals surface area contributed by atoms with E-state index in [1.165, 1.54) is 0 Å². The van der Waals surface area contributed by atoms with Crippen molar-refractivity contribution in [3.63, 3.8) is 0 Å². The fraction of sp³-hybridized carbons (Fsp3) is 0.938. The number of rotatable bonds is 12. The van der Waals surface area contributed by atoms with Gasteiger partial charge in [-0.15, -0.1) is 0 Å². The number of Topliss-reactive ketones (excluding diaryl/α,β-unsaturated/α-hetero) is 1. The Kier molecular flexibility index (Phi) is 10.6. The molecule has 226 valence electrons. The Balaban J connectivity index is 1.75. The summed E-state index contributed by atoms with van der Waals surface area (Å²) in [5.41, 5.74) is 1.13. The average molecular weight is 567 g/mol. The predicted octanol–water partition coefficient (Wildman–Crippen LogP) is 7.71. The van der Waals surface area contributed by atoms with Crippen LogP contribution in [0.3, 0.4) is 0 Å². The van der Waals surface area contributed by atoms with Gasteiger partial charge in [-0.05, 0) is 84.2 Å². The second kappa shape index (κ2) is 12.6. The zero-order valence-electron chi connectivity index (χ0n) is 26.5. The van der Waals surface area contributed by atoms with Crippen molar-refractivity contribution in [3.8, 4) is 0 Å². The second-order valence-corrected chi connectivity index (χ2v) is 20.2. The lowest BCUT2D eigenvalue weighted by atomic mass is 9.51. The molecule has 0 heterocycles. The molecule has 3 unspecified atom stereocenters. The maximum absolute atomic E-state index is 14.2. The first-order chi connectivity index (χ1) is 18.2. The van der Waals surface area contributed by atoms with Crippen molar-refractivity contribution in [2.75, 3.05) is 20.5 Å². The zero-order chi connectivity index (χ0) is 29.3. The minimum Gasteiger partial charge on any atom is -0.481 e. The number of aliphatic carboxylic acids is 1. The van der Waals surface area contributed by atoms with Gasteiger partial charge < -0.3 is 19.0 Å². The monoisotopic (exact) mass is 566 g/mol. The number of hydrogen-bond donors (Lipinski definition) is 1. The second-order valence-electron chi connectivity index (χ2n) is 14.7. The van der Waals surface area contributed by atoms with Crippen LogP contribution in [0.4, 0.5) is 0 Å². The summed E-state index contributed by atoms with van der Waals surface area (Å²) < 4.78 is 17.8. The van der Waals surface area contributed by atoms with Crippen LogP contribution in [0.15, 0.2) is 0 Å². The third-order valence-corrected chi connectivity index (χ3v) is 18.0. The minimum atomic E-state index is -1.94. The van der Waals surface area contributed by atoms with Gasteiger partial charge in [-0.1, -0.05) is 62.3 Å². The Morgan fingerprint density at radius 2 is 1.49 bits per heavy atom. The molecule has 0 saturated heterocycles. The highest BCUT2D eigenvalue weighted by Crippen LogP contribution is 2.62. The van der Waals surface area contributed by atoms with Crippen LogP contribution in [0.25, 0.3) is 0 Å². The van der Waals surface area contributed by atoms with Gasteiger partial charge in [0.05, 0.1) is 12.0 Å². The average Bonchev–Trinajstić information content (AvgIpc) is 3.21. The third kappa shape index (κ3) is 5.94. The summed E-state index contributed by atoms with van der Waals surface area (Å²) in [6, 6.07) is 0. The highest BCUT2D eigenvalue weighted by Gasteiger charge is 2.60. The fourth-order valence-electron chi connectivity index (χ4n) is 9.82. The summed E-state index contributed by atoms with van der Waals surface area (Å²) in [5, 5.41) is 10.2. The van der Waals surface area contributed by atoms with Crippen molar-refractivity contribution in [3.05, 3.63) is 0 Å². The lowest BCUT2D eigenvalue weighted by molar-refractivity contribution is -0.167. The minimum absolute atomic E-state index is 0.0259. The molecule has 0 aromatic carbocycles. The number of carbonyl (C=O) groups is 2. The maximum atomic E-state index is 14.2. The van der Waals surface area contributed by atoms with E-state index in [4.69, 9.17) is 13.9 Å². The van der Waals surface area contributed by atoms with Gasteiger partial charge in [0, 0.05) is 25.6 Å². The number of carbonyl (C=O) groups excluding carboxylic acids is 1. The van der Waals surface area contributed by atoms with E-state index in [0.717, 1.165) is 38.7 Å². The first-order valence-electron chi connectivity index (χ1n) is 15.7. The van der Waals surface area contributed by atoms with Gasteiger partial charge >= 0.3 is 5.97 Å². The maximum Gasteiger partial charge on any atom is 0.307 e. The van der Waals surface area contributed by atoms with Gasteiger partial charge in [-0.25, -0.2) is 0 Å². The number of carboxylic acid groups (broad SMARTS) is 1. The molecule has 3 aliphatic rings. The number of ketones is 1. The van der Waals surface area contributed by atoms with E-state index in [9.17, 15) is 14.7 Å². The Morgan fingerprint density at radius 1 is 0.923 bits per heavy atom. The van der Waals surface area contributed by atoms with Crippen LogP contribution in [-0.4, -0.2) is 51.8 Å². The van der Waals surface area contributed by atoms with Crippen molar-refractivity contribution in [2.45, 2.75) is 130 Å². The molecule has 39 heavy (non-hydrogen) atoms. The lowest BCUT2D eigenvalue weighted by Crippen LogP contribution is -2.54. The normalized spacial score (nSPS) is 36.5. The van der Waals surface area contributed by atoms with Crippen LogP contribution >= 0.6 is 0 Å². The van der Waals surface area contributed by atoms with Crippen molar-refractivity contribution < 1.29 is 28.6 Å². The Morgan fingerprint density at radius 3 is 2.03 bits per heavy atom. The molecule has 0 radical (unpaired) electrons. The molecular formula is C32H58O6Si. The van der Waals surface area contributed by atoms with Crippen LogP contribution in [0.1, 0.15) is 107 Å². The smallest absolute Gasteiger partial charge is 0.307 e. The quantitative estimate of drug-likeness (QED) is 0.192. The van der Waals surface area contributed by atoms with E-state index >= 15 is 0 Å². The molecule has 0 spiro atoms. The predicted molar refractivity (Wildman–Crippen MR) is 158 cm³/mol. The number of fused-ring (bicyclic) bond motifs is 1. The molecule has 0 amide bonds. The first-order valence-corrected chi connectivity index (χ1v) is 17.8. The zero-order valence-corrected chi connectivity index (χ0v) is 27.5. The highest BCUT2D eigenvalue weighted by molar-refractivity contribution is 6.77. The van der Waals surface area contributed by atoms with Gasteiger partial charge in [-0.2, -0.15) is 0 Å². The molecule has 3 fully saturated rings. The molecule has 3 saturated carbocycles. The number of ether oxygens (including phenoxy) is 2. The van der Waals surface area contributed by atoms with Crippen molar-refractivity contribution in [1.29, 1.82) is 0 Å². The molecule has 7 heteroatoms. The molecule has 0 aliphatic heterocycles. The lowest BCUT2D eigenvalue weighted by Gasteiger charge is -2.52. The Bertz CT molecular complexity index is 836. The van der Waals surface area contributed by atoms with Gasteiger partial charge in [0.15, 0.2) is 8.32 Å². The van der Waals surface area contributed by atoms with E-state index in [1.807, 2.05) is 0 Å². The Hall–Kier alpha value is -0.763. The number of carboxylic acids is 1. The van der Waals surface area contributed by atoms with Crippen molar-refractivity contribution in [2.24, 2.45) is 40.4 Å². The van der Waals surface area contributed by atoms with Crippen molar-refractivity contribution in [1.82, 2.24) is 0 Å². The molecule has 6 nitrogen and oxygen atoms in total. The number of hydrogen-bond acceptors (Lipinski definition) is 5. The summed E-state index contributed by atoms with van der Waals surface area (Å²) in [4.78, 5) is 26.7. The topological polar surface area (TPSA) is 82.1 Å². The van der Waals surface area contributed by atoms with Crippen molar-refractivity contribution >= 4 is 20.1 Å². The van der Waals surface area contributed by atoms with Gasteiger partial charge in [0.25, 0.3) is 0 Å². The van der Waals surface area contributed by atoms with Gasteiger partial charge in [0.1, 0.15) is 12.6 Å². The molecule has 0 bridgehead atoms. The molecule has 0 aromatic heterocycles. The van der Waals surface area contributed by atoms with E-state index < -0.39 is 25.6 Å². The van der Waals surface area contributed by atoms with E-state index in [1.54, 1.807) is 7.11 Å². The highest BCUT2D eigenvalue weighted by atomic mass is 28.4. The molecule has 8 atom stereocenters. The van der Waals surface area contributed by atoms with E-state index in [-0.39, 0.29) is 30.1 Å². The molecule has 3 rings (SSSR count). The van der Waals surface area contributed by atoms with Crippen LogP contribution in [0, 0.1) is 40.4 Å². The number of methoxy groups -OCH3 is 1. The fourth-order valence-corrected chi connectivity index (χ4v) is 15.4. The third-order valence-electron chi connectivity index (χ3n) is 11.9. The summed E-state index contributed by atoms with van der Waals surface area (Å²) >= 11 is 0. The summed E-state index contributed by atoms with van der Waals surface area (Å²) in [7, 11) is -0.358.